The molecule has 7 heteroatoms. The third kappa shape index (κ3) is 3.14. The predicted octanol–water partition coefficient (Wildman–Crippen LogP) is 3.09. The van der Waals surface area contributed by atoms with Crippen molar-refractivity contribution in [2.24, 2.45) is 0 Å². The van der Waals surface area contributed by atoms with E-state index in [9.17, 15) is 14.9 Å². The Bertz CT molecular complexity index is 733. The number of nitro groups is 1. The first-order chi connectivity index (χ1) is 11.0. The van der Waals surface area contributed by atoms with Crippen LogP contribution in [-0.2, 0) is 9.63 Å². The van der Waals surface area contributed by atoms with E-state index in [0.29, 0.717) is 11.4 Å². The summed E-state index contributed by atoms with van der Waals surface area (Å²) in [6.45, 7) is 1.76. The van der Waals surface area contributed by atoms with Gasteiger partial charge in [0.1, 0.15) is 0 Å². The minimum atomic E-state index is -0.914. The van der Waals surface area contributed by atoms with Crippen LogP contribution in [0.15, 0.2) is 54.6 Å². The monoisotopic (exact) mass is 313 g/mol. The third-order valence-electron chi connectivity index (χ3n) is 3.49. The lowest BCUT2D eigenvalue weighted by Gasteiger charge is -2.26. The first-order valence-corrected chi connectivity index (χ1v) is 7.07. The van der Waals surface area contributed by atoms with Gasteiger partial charge in [-0.2, -0.15) is 5.06 Å². The molecule has 7 nitrogen and oxygen atoms in total. The van der Waals surface area contributed by atoms with Gasteiger partial charge < -0.3 is 5.32 Å². The van der Waals surface area contributed by atoms with Crippen LogP contribution in [-0.4, -0.2) is 16.6 Å². The Kier molecular flexibility index (Phi) is 3.71. The van der Waals surface area contributed by atoms with Gasteiger partial charge in [-0.3, -0.25) is 14.9 Å². The number of nitrogens with one attached hydrogen (secondary N) is 1. The first-order valence-electron chi connectivity index (χ1n) is 7.07. The molecule has 23 heavy (non-hydrogen) atoms. The van der Waals surface area contributed by atoms with Crippen LogP contribution in [0.1, 0.15) is 13.3 Å². The van der Waals surface area contributed by atoms with Crippen molar-refractivity contribution in [2.75, 3.05) is 10.4 Å². The van der Waals surface area contributed by atoms with Crippen LogP contribution in [0.25, 0.3) is 0 Å². The molecule has 1 amide bonds. The molecule has 0 bridgehead atoms. The normalized spacial score (nSPS) is 20.6. The topological polar surface area (TPSA) is 84.7 Å². The average molecular weight is 313 g/mol. The van der Waals surface area contributed by atoms with Crippen molar-refractivity contribution < 1.29 is 14.6 Å². The summed E-state index contributed by atoms with van der Waals surface area (Å²) in [5.41, 5.74) is 0.394. The van der Waals surface area contributed by atoms with Gasteiger partial charge in [0.15, 0.2) is 5.72 Å². The van der Waals surface area contributed by atoms with Gasteiger partial charge in [-0.25, -0.2) is 4.84 Å². The second-order valence-corrected chi connectivity index (χ2v) is 5.45. The number of amides is 1. The predicted molar refractivity (Wildman–Crippen MR) is 84.8 cm³/mol. The molecule has 1 aliphatic rings. The van der Waals surface area contributed by atoms with E-state index in [4.69, 9.17) is 4.84 Å². The van der Waals surface area contributed by atoms with E-state index in [2.05, 4.69) is 5.32 Å². The fourth-order valence-corrected chi connectivity index (χ4v) is 2.44. The highest BCUT2D eigenvalue weighted by molar-refractivity contribution is 5.94. The van der Waals surface area contributed by atoms with Gasteiger partial charge >= 0.3 is 0 Å². The standard InChI is InChI=1S/C16H15N3O4/c1-16(17-12-7-9-14(10-8-12)19(21)22)11-15(20)18(23-16)13-5-3-2-4-6-13/h2-10,17H,11H2,1H3. The third-order valence-corrected chi connectivity index (χ3v) is 3.49. The van der Waals surface area contributed by atoms with Crippen molar-refractivity contribution >= 4 is 23.0 Å². The Balaban J connectivity index is 1.75. The number of benzene rings is 2. The van der Waals surface area contributed by atoms with Crippen LogP contribution in [0, 0.1) is 10.1 Å². The summed E-state index contributed by atoms with van der Waals surface area (Å²) < 4.78 is 0. The van der Waals surface area contributed by atoms with E-state index in [1.54, 1.807) is 31.2 Å². The van der Waals surface area contributed by atoms with Gasteiger partial charge in [0.05, 0.1) is 17.0 Å². The van der Waals surface area contributed by atoms with Crippen LogP contribution in [0.4, 0.5) is 17.1 Å². The lowest BCUT2D eigenvalue weighted by Crippen LogP contribution is -2.35. The molecule has 118 valence electrons. The number of carbonyl (C=O) groups is 1. The summed E-state index contributed by atoms with van der Waals surface area (Å²) in [5, 5.41) is 15.0. The molecular weight excluding hydrogens is 298 g/mol. The molecule has 1 saturated heterocycles. The molecule has 2 aromatic rings. The van der Waals surface area contributed by atoms with Crippen molar-refractivity contribution in [3.8, 4) is 0 Å². The second-order valence-electron chi connectivity index (χ2n) is 5.45. The molecule has 2 aromatic carbocycles. The highest BCUT2D eigenvalue weighted by Gasteiger charge is 2.42. The lowest BCUT2D eigenvalue weighted by atomic mass is 10.1. The number of hydrogen-bond donors (Lipinski definition) is 1. The quantitative estimate of drug-likeness (QED) is 0.692. The second kappa shape index (κ2) is 5.69. The van der Waals surface area contributed by atoms with E-state index in [1.807, 2.05) is 18.2 Å². The van der Waals surface area contributed by atoms with E-state index in [0.717, 1.165) is 0 Å². The molecule has 0 aromatic heterocycles. The van der Waals surface area contributed by atoms with Gasteiger partial charge in [0.2, 0.25) is 0 Å². The highest BCUT2D eigenvalue weighted by Crippen LogP contribution is 2.32. The average Bonchev–Trinajstić information content (AvgIpc) is 2.83. The van der Waals surface area contributed by atoms with Crippen LogP contribution >= 0.6 is 0 Å². The number of rotatable bonds is 4. The van der Waals surface area contributed by atoms with Gasteiger partial charge in [-0.05, 0) is 31.2 Å². The van der Waals surface area contributed by atoms with Crippen LogP contribution in [0.2, 0.25) is 0 Å². The van der Waals surface area contributed by atoms with E-state index in [-0.39, 0.29) is 18.0 Å². The Hall–Kier alpha value is -2.93. The number of para-hydroxylation sites is 1. The highest BCUT2D eigenvalue weighted by atomic mass is 16.7. The molecule has 1 N–H and O–H groups in total. The Morgan fingerprint density at radius 2 is 1.83 bits per heavy atom. The van der Waals surface area contributed by atoms with Crippen LogP contribution in [0.3, 0.4) is 0 Å². The van der Waals surface area contributed by atoms with E-state index >= 15 is 0 Å². The maximum absolute atomic E-state index is 12.2. The molecule has 0 saturated carbocycles. The molecule has 1 unspecified atom stereocenters. The maximum Gasteiger partial charge on any atom is 0.269 e. The molecule has 3 rings (SSSR count). The number of hydroxylamine groups is 1. The van der Waals surface area contributed by atoms with Crippen LogP contribution in [0.5, 0.6) is 0 Å². The van der Waals surface area contributed by atoms with Gasteiger partial charge in [-0.15, -0.1) is 0 Å². The number of nitrogens with zero attached hydrogens (tertiary/aromatic N) is 2. The number of carbonyl (C=O) groups excluding carboxylic acids is 1. The molecule has 1 aliphatic heterocycles. The van der Waals surface area contributed by atoms with Crippen molar-refractivity contribution in [1.29, 1.82) is 0 Å². The van der Waals surface area contributed by atoms with Crippen molar-refractivity contribution in [2.45, 2.75) is 19.1 Å². The first kappa shape index (κ1) is 15.0. The Labute approximate surface area is 132 Å². The zero-order valence-corrected chi connectivity index (χ0v) is 12.4. The van der Waals surface area contributed by atoms with Crippen molar-refractivity contribution in [1.82, 2.24) is 0 Å². The molecule has 1 atom stereocenters. The Morgan fingerprint density at radius 1 is 1.17 bits per heavy atom. The largest absolute Gasteiger partial charge is 0.355 e. The fraction of sp³-hybridized carbons (Fsp3) is 0.188. The smallest absolute Gasteiger partial charge is 0.269 e. The number of hydrogen-bond acceptors (Lipinski definition) is 5. The molecule has 1 heterocycles. The number of anilines is 2. The number of non-ortho nitro benzene ring substituents is 1. The lowest BCUT2D eigenvalue weighted by molar-refractivity contribution is -0.384. The minimum Gasteiger partial charge on any atom is -0.355 e. The fourth-order valence-electron chi connectivity index (χ4n) is 2.44. The summed E-state index contributed by atoms with van der Waals surface area (Å²) >= 11 is 0. The SMILES string of the molecule is CC1(Nc2ccc([N+](=O)[O-])cc2)CC(=O)N(c2ccccc2)O1. The summed E-state index contributed by atoms with van der Waals surface area (Å²) in [6.07, 6.45) is 0.152. The van der Waals surface area contributed by atoms with Gasteiger partial charge in [-0.1, -0.05) is 18.2 Å². The summed E-state index contributed by atoms with van der Waals surface area (Å²) in [7, 11) is 0. The zero-order chi connectivity index (χ0) is 16.4. The summed E-state index contributed by atoms with van der Waals surface area (Å²) in [6, 6.07) is 15.1. The molecular formula is C16H15N3O4. The van der Waals surface area contributed by atoms with E-state index < -0.39 is 10.6 Å². The Morgan fingerprint density at radius 3 is 2.43 bits per heavy atom. The molecule has 0 aliphatic carbocycles. The van der Waals surface area contributed by atoms with Gasteiger partial charge in [0, 0.05) is 17.8 Å². The van der Waals surface area contributed by atoms with Crippen molar-refractivity contribution in [3.63, 3.8) is 0 Å². The van der Waals surface area contributed by atoms with E-state index in [1.165, 1.54) is 17.2 Å². The molecule has 0 spiro atoms. The van der Waals surface area contributed by atoms with Gasteiger partial charge in [0.25, 0.3) is 11.6 Å². The van der Waals surface area contributed by atoms with Crippen LogP contribution < -0.4 is 10.4 Å². The maximum atomic E-state index is 12.2. The van der Waals surface area contributed by atoms with Crippen molar-refractivity contribution in [3.05, 3.63) is 64.7 Å². The number of nitro benzene ring substituents is 1. The minimum absolute atomic E-state index is 0.00929. The summed E-state index contributed by atoms with van der Waals surface area (Å²) in [5.74, 6) is -0.159. The summed E-state index contributed by atoms with van der Waals surface area (Å²) in [4.78, 5) is 28.2. The molecule has 0 radical (unpaired) electrons. The molecule has 1 fully saturated rings. The zero-order valence-electron chi connectivity index (χ0n) is 12.4.